The van der Waals surface area contributed by atoms with Crippen LogP contribution in [0.2, 0.25) is 0 Å². The molecule has 1 aromatic rings. The van der Waals surface area contributed by atoms with Crippen molar-refractivity contribution in [2.24, 2.45) is 17.6 Å². The van der Waals surface area contributed by atoms with Gasteiger partial charge in [0.1, 0.15) is 11.8 Å². The second-order valence-corrected chi connectivity index (χ2v) is 5.11. The monoisotopic (exact) mass is 244 g/mol. The topological polar surface area (TPSA) is 59.0 Å². The first-order valence-electron chi connectivity index (χ1n) is 6.58. The van der Waals surface area contributed by atoms with E-state index in [-0.39, 0.29) is 0 Å². The standard InChI is InChI=1S/C15H20N2O/c1-11-5-6-13(9-17)15(7-11)18-10-14-4-2-3-12(14)8-16/h5-7,12,14H,2-4,8,10,16H2,1H3. The predicted molar refractivity (Wildman–Crippen MR) is 71.3 cm³/mol. The normalized spacial score (nSPS) is 22.7. The summed E-state index contributed by atoms with van der Waals surface area (Å²) >= 11 is 0. The summed E-state index contributed by atoms with van der Waals surface area (Å²) in [7, 11) is 0. The van der Waals surface area contributed by atoms with Crippen LogP contribution in [0.15, 0.2) is 18.2 Å². The summed E-state index contributed by atoms with van der Waals surface area (Å²) in [4.78, 5) is 0. The van der Waals surface area contributed by atoms with Crippen molar-refractivity contribution in [3.8, 4) is 11.8 Å². The first-order chi connectivity index (χ1) is 8.74. The molecular weight excluding hydrogens is 224 g/mol. The molecule has 0 bridgehead atoms. The SMILES string of the molecule is Cc1ccc(C#N)c(OCC2CCCC2CN)c1. The molecule has 2 unspecified atom stereocenters. The van der Waals surface area contributed by atoms with Gasteiger partial charge < -0.3 is 10.5 Å². The van der Waals surface area contributed by atoms with E-state index >= 15 is 0 Å². The Morgan fingerprint density at radius 3 is 2.89 bits per heavy atom. The summed E-state index contributed by atoms with van der Waals surface area (Å²) < 4.78 is 5.85. The number of benzene rings is 1. The van der Waals surface area contributed by atoms with Gasteiger partial charge in [-0.1, -0.05) is 12.5 Å². The smallest absolute Gasteiger partial charge is 0.137 e. The molecule has 0 heterocycles. The molecule has 0 amide bonds. The first kappa shape index (κ1) is 12.9. The van der Waals surface area contributed by atoms with Crippen LogP contribution in [0.1, 0.15) is 30.4 Å². The second-order valence-electron chi connectivity index (χ2n) is 5.11. The van der Waals surface area contributed by atoms with Crippen molar-refractivity contribution in [1.82, 2.24) is 0 Å². The van der Waals surface area contributed by atoms with E-state index in [1.807, 2.05) is 25.1 Å². The minimum Gasteiger partial charge on any atom is -0.492 e. The molecule has 18 heavy (non-hydrogen) atoms. The molecule has 1 aromatic carbocycles. The van der Waals surface area contributed by atoms with Crippen LogP contribution in [0.3, 0.4) is 0 Å². The van der Waals surface area contributed by atoms with Crippen LogP contribution in [0.5, 0.6) is 5.75 Å². The largest absolute Gasteiger partial charge is 0.492 e. The minimum atomic E-state index is 0.544. The van der Waals surface area contributed by atoms with Crippen molar-refractivity contribution >= 4 is 0 Å². The van der Waals surface area contributed by atoms with Gasteiger partial charge >= 0.3 is 0 Å². The highest BCUT2D eigenvalue weighted by Gasteiger charge is 2.26. The van der Waals surface area contributed by atoms with Crippen LogP contribution >= 0.6 is 0 Å². The summed E-state index contributed by atoms with van der Waals surface area (Å²) in [6, 6.07) is 7.86. The minimum absolute atomic E-state index is 0.544. The maximum absolute atomic E-state index is 9.05. The highest BCUT2D eigenvalue weighted by atomic mass is 16.5. The summed E-state index contributed by atoms with van der Waals surface area (Å²) in [6.45, 7) is 3.43. The Kier molecular flexibility index (Phi) is 4.22. The zero-order chi connectivity index (χ0) is 13.0. The Hall–Kier alpha value is -1.53. The fourth-order valence-electron chi connectivity index (χ4n) is 2.68. The number of hydrogen-bond donors (Lipinski definition) is 1. The Morgan fingerprint density at radius 2 is 2.17 bits per heavy atom. The lowest BCUT2D eigenvalue weighted by molar-refractivity contribution is 0.216. The predicted octanol–water partition coefficient (Wildman–Crippen LogP) is 2.62. The van der Waals surface area contributed by atoms with E-state index in [0.29, 0.717) is 29.8 Å². The van der Waals surface area contributed by atoms with Gasteiger partial charge in [-0.2, -0.15) is 5.26 Å². The van der Waals surface area contributed by atoms with E-state index in [1.165, 1.54) is 19.3 Å². The summed E-state index contributed by atoms with van der Waals surface area (Å²) in [5.74, 6) is 1.84. The average molecular weight is 244 g/mol. The highest BCUT2D eigenvalue weighted by molar-refractivity contribution is 5.45. The van der Waals surface area contributed by atoms with Crippen molar-refractivity contribution in [1.29, 1.82) is 5.26 Å². The summed E-state index contributed by atoms with van der Waals surface area (Å²) in [5.41, 5.74) is 7.50. The van der Waals surface area contributed by atoms with E-state index in [9.17, 15) is 0 Å². The van der Waals surface area contributed by atoms with Gasteiger partial charge in [-0.3, -0.25) is 0 Å². The molecule has 0 spiro atoms. The van der Waals surface area contributed by atoms with Crippen molar-refractivity contribution in [3.63, 3.8) is 0 Å². The Labute approximate surface area is 109 Å². The van der Waals surface area contributed by atoms with Gasteiger partial charge in [0.25, 0.3) is 0 Å². The lowest BCUT2D eigenvalue weighted by Crippen LogP contribution is -2.23. The third kappa shape index (κ3) is 2.83. The van der Waals surface area contributed by atoms with Gasteiger partial charge in [0, 0.05) is 0 Å². The lowest BCUT2D eigenvalue weighted by atomic mass is 9.97. The first-order valence-corrected chi connectivity index (χ1v) is 6.58. The zero-order valence-electron chi connectivity index (χ0n) is 10.9. The maximum atomic E-state index is 9.05. The van der Waals surface area contributed by atoms with Gasteiger partial charge in [-0.25, -0.2) is 0 Å². The van der Waals surface area contributed by atoms with Gasteiger partial charge in [0.05, 0.1) is 12.2 Å². The van der Waals surface area contributed by atoms with Crippen LogP contribution in [0.4, 0.5) is 0 Å². The Bertz CT molecular complexity index is 450. The second kappa shape index (κ2) is 5.88. The molecular formula is C15H20N2O. The van der Waals surface area contributed by atoms with Crippen molar-refractivity contribution < 1.29 is 4.74 Å². The van der Waals surface area contributed by atoms with Crippen LogP contribution in [-0.4, -0.2) is 13.2 Å². The molecule has 0 radical (unpaired) electrons. The number of nitriles is 1. The molecule has 0 aromatic heterocycles. The van der Waals surface area contributed by atoms with E-state index in [0.717, 1.165) is 12.1 Å². The highest BCUT2D eigenvalue weighted by Crippen LogP contribution is 2.32. The maximum Gasteiger partial charge on any atom is 0.137 e. The fourth-order valence-corrected chi connectivity index (χ4v) is 2.68. The molecule has 1 aliphatic rings. The van der Waals surface area contributed by atoms with E-state index in [2.05, 4.69) is 6.07 Å². The average Bonchev–Trinajstić information content (AvgIpc) is 2.84. The molecule has 96 valence electrons. The van der Waals surface area contributed by atoms with Crippen LogP contribution in [-0.2, 0) is 0 Å². The van der Waals surface area contributed by atoms with Gasteiger partial charge in [0.15, 0.2) is 0 Å². The number of rotatable bonds is 4. The van der Waals surface area contributed by atoms with Crippen LogP contribution in [0, 0.1) is 30.1 Å². The fraction of sp³-hybridized carbons (Fsp3) is 0.533. The molecule has 0 aliphatic heterocycles. The molecule has 2 N–H and O–H groups in total. The van der Waals surface area contributed by atoms with Gasteiger partial charge in [-0.05, 0) is 55.8 Å². The number of aryl methyl sites for hydroxylation is 1. The molecule has 3 nitrogen and oxygen atoms in total. The van der Waals surface area contributed by atoms with Crippen LogP contribution in [0.25, 0.3) is 0 Å². The number of hydrogen-bond acceptors (Lipinski definition) is 3. The molecule has 1 aliphatic carbocycles. The van der Waals surface area contributed by atoms with Gasteiger partial charge in [0.2, 0.25) is 0 Å². The zero-order valence-corrected chi connectivity index (χ0v) is 10.9. The van der Waals surface area contributed by atoms with E-state index in [1.54, 1.807) is 0 Å². The molecule has 2 atom stereocenters. The lowest BCUT2D eigenvalue weighted by Gasteiger charge is -2.19. The third-order valence-electron chi connectivity index (χ3n) is 3.83. The molecule has 0 saturated heterocycles. The van der Waals surface area contributed by atoms with Crippen molar-refractivity contribution in [2.75, 3.05) is 13.2 Å². The van der Waals surface area contributed by atoms with E-state index in [4.69, 9.17) is 15.7 Å². The van der Waals surface area contributed by atoms with Crippen LogP contribution < -0.4 is 10.5 Å². The quantitative estimate of drug-likeness (QED) is 0.885. The Balaban J connectivity index is 2.02. The molecule has 1 saturated carbocycles. The third-order valence-corrected chi connectivity index (χ3v) is 3.83. The Morgan fingerprint density at radius 1 is 1.39 bits per heavy atom. The number of nitrogens with two attached hydrogens (primary N) is 1. The van der Waals surface area contributed by atoms with E-state index < -0.39 is 0 Å². The summed E-state index contributed by atoms with van der Waals surface area (Å²) in [5, 5.41) is 9.05. The van der Waals surface area contributed by atoms with Crippen molar-refractivity contribution in [3.05, 3.63) is 29.3 Å². The summed E-state index contributed by atoms with van der Waals surface area (Å²) in [6.07, 6.45) is 3.65. The molecule has 3 heteroatoms. The molecule has 2 rings (SSSR count). The van der Waals surface area contributed by atoms with Gasteiger partial charge in [-0.15, -0.1) is 0 Å². The molecule has 1 fully saturated rings. The van der Waals surface area contributed by atoms with Crippen molar-refractivity contribution in [2.45, 2.75) is 26.2 Å². The number of nitrogens with zero attached hydrogens (tertiary/aromatic N) is 1. The number of ether oxygens (including phenoxy) is 1.